The minimum Gasteiger partial charge on any atom is -0.399 e. The molecule has 17 heavy (non-hydrogen) atoms. The van der Waals surface area contributed by atoms with Crippen LogP contribution in [0.2, 0.25) is 0 Å². The van der Waals surface area contributed by atoms with Crippen molar-refractivity contribution in [3.8, 4) is 0 Å². The second kappa shape index (κ2) is 4.64. The summed E-state index contributed by atoms with van der Waals surface area (Å²) in [4.78, 5) is 0. The summed E-state index contributed by atoms with van der Waals surface area (Å²) < 4.78 is 22.6. The third-order valence-corrected chi connectivity index (χ3v) is 4.59. The highest BCUT2D eigenvalue weighted by Gasteiger charge is 2.35. The van der Waals surface area contributed by atoms with Crippen LogP contribution in [0.4, 0.5) is 5.69 Å². The molecule has 0 bridgehead atoms. The molecular weight excluding hydrogens is 240 g/mol. The van der Waals surface area contributed by atoms with Gasteiger partial charge in [-0.3, -0.25) is 0 Å². The quantitative estimate of drug-likeness (QED) is 0.635. The third kappa shape index (κ3) is 3.18. The van der Waals surface area contributed by atoms with E-state index in [1.54, 1.807) is 12.1 Å². The zero-order chi connectivity index (χ0) is 12.5. The van der Waals surface area contributed by atoms with Gasteiger partial charge >= 0.3 is 0 Å². The number of hydrogen-bond acceptors (Lipinski definition) is 5. The van der Waals surface area contributed by atoms with Crippen LogP contribution in [0.5, 0.6) is 0 Å². The van der Waals surface area contributed by atoms with Crippen LogP contribution in [-0.2, 0) is 16.4 Å². The number of rotatable bonds is 3. The Morgan fingerprint density at radius 2 is 1.94 bits per heavy atom. The molecule has 0 radical (unpaired) electrons. The van der Waals surface area contributed by atoms with Gasteiger partial charge in [0.05, 0.1) is 17.6 Å². The maximum Gasteiger partial charge on any atom is 0.154 e. The fourth-order valence-corrected chi connectivity index (χ4v) is 3.68. The fraction of sp³-hybridized carbons (Fsp3) is 0.455. The largest absolute Gasteiger partial charge is 0.399 e. The lowest BCUT2D eigenvalue weighted by atomic mass is 10.1. The predicted octanol–water partition coefficient (Wildman–Crippen LogP) is -0.484. The lowest BCUT2D eigenvalue weighted by Crippen LogP contribution is -2.38. The monoisotopic (exact) mass is 256 g/mol. The summed E-state index contributed by atoms with van der Waals surface area (Å²) in [6.07, 6.45) is -0.811. The van der Waals surface area contributed by atoms with Crippen molar-refractivity contribution in [2.75, 3.05) is 17.2 Å². The number of hydrogen-bond donors (Lipinski definition) is 3. The van der Waals surface area contributed by atoms with Gasteiger partial charge in [-0.1, -0.05) is 12.1 Å². The van der Waals surface area contributed by atoms with Crippen molar-refractivity contribution in [1.82, 2.24) is 5.32 Å². The first kappa shape index (κ1) is 12.3. The van der Waals surface area contributed by atoms with Crippen molar-refractivity contribution in [3.05, 3.63) is 29.8 Å². The van der Waals surface area contributed by atoms with Crippen molar-refractivity contribution < 1.29 is 13.5 Å². The van der Waals surface area contributed by atoms with E-state index in [0.717, 1.165) is 5.56 Å². The Morgan fingerprint density at radius 3 is 2.47 bits per heavy atom. The third-order valence-electron chi connectivity index (χ3n) is 2.87. The van der Waals surface area contributed by atoms with Crippen LogP contribution in [-0.4, -0.2) is 37.2 Å². The molecular formula is C11H16N2O3S. The molecule has 1 saturated heterocycles. The van der Waals surface area contributed by atoms with E-state index >= 15 is 0 Å². The fourth-order valence-electron chi connectivity index (χ4n) is 1.91. The van der Waals surface area contributed by atoms with E-state index in [-0.39, 0.29) is 17.5 Å². The van der Waals surface area contributed by atoms with Gasteiger partial charge in [-0.15, -0.1) is 0 Å². The molecule has 0 amide bonds. The molecule has 1 aromatic carbocycles. The van der Waals surface area contributed by atoms with Crippen molar-refractivity contribution in [1.29, 1.82) is 0 Å². The standard InChI is InChI=1S/C11H16N2O3S/c12-9-3-1-8(2-4-9)5-13-10-6-17(15,16)7-11(10)14/h1-4,10-11,13-14H,5-7,12H2/t10-,11+/m0/s1. The molecule has 0 aliphatic carbocycles. The van der Waals surface area contributed by atoms with Crippen LogP contribution in [0.15, 0.2) is 24.3 Å². The summed E-state index contributed by atoms with van der Waals surface area (Å²) in [6, 6.07) is 6.95. The van der Waals surface area contributed by atoms with E-state index in [9.17, 15) is 13.5 Å². The zero-order valence-corrected chi connectivity index (χ0v) is 10.2. The highest BCUT2D eigenvalue weighted by molar-refractivity contribution is 7.91. The average molecular weight is 256 g/mol. The summed E-state index contributed by atoms with van der Waals surface area (Å²) in [5.74, 6) is -0.143. The van der Waals surface area contributed by atoms with E-state index < -0.39 is 15.9 Å². The molecule has 2 atom stereocenters. The SMILES string of the molecule is Nc1ccc(CN[C@H]2CS(=O)(=O)C[C@H]2O)cc1. The maximum atomic E-state index is 11.3. The normalized spacial score (nSPS) is 27.1. The highest BCUT2D eigenvalue weighted by atomic mass is 32.2. The van der Waals surface area contributed by atoms with Gasteiger partial charge in [-0.25, -0.2) is 8.42 Å². The number of nitrogens with one attached hydrogen (secondary N) is 1. The zero-order valence-electron chi connectivity index (χ0n) is 9.33. The number of nitrogens with two attached hydrogens (primary N) is 1. The second-order valence-electron chi connectivity index (χ2n) is 4.37. The summed E-state index contributed by atoms with van der Waals surface area (Å²) in [5, 5.41) is 12.6. The first-order valence-electron chi connectivity index (χ1n) is 5.42. The van der Waals surface area contributed by atoms with Gasteiger partial charge < -0.3 is 16.2 Å². The second-order valence-corrected chi connectivity index (χ2v) is 6.53. The average Bonchev–Trinajstić information content (AvgIpc) is 2.51. The first-order chi connectivity index (χ1) is 7.96. The minimum absolute atomic E-state index is 0.00311. The molecule has 1 aliphatic rings. The van der Waals surface area contributed by atoms with Crippen LogP contribution in [0.1, 0.15) is 5.56 Å². The molecule has 4 N–H and O–H groups in total. The summed E-state index contributed by atoms with van der Waals surface area (Å²) in [5.41, 5.74) is 7.26. The van der Waals surface area contributed by atoms with E-state index in [0.29, 0.717) is 12.2 Å². The molecule has 94 valence electrons. The van der Waals surface area contributed by atoms with Crippen LogP contribution in [0.3, 0.4) is 0 Å². The van der Waals surface area contributed by atoms with Crippen LogP contribution >= 0.6 is 0 Å². The number of aliphatic hydroxyl groups excluding tert-OH is 1. The smallest absolute Gasteiger partial charge is 0.154 e. The van der Waals surface area contributed by atoms with E-state index in [1.807, 2.05) is 12.1 Å². The van der Waals surface area contributed by atoms with E-state index in [1.165, 1.54) is 0 Å². The number of aliphatic hydroxyl groups is 1. The van der Waals surface area contributed by atoms with Gasteiger partial charge in [0.25, 0.3) is 0 Å². The van der Waals surface area contributed by atoms with Crippen molar-refractivity contribution in [2.45, 2.75) is 18.7 Å². The predicted molar refractivity (Wildman–Crippen MR) is 66.1 cm³/mol. The molecule has 0 aromatic heterocycles. The molecule has 0 unspecified atom stereocenters. The topological polar surface area (TPSA) is 92.4 Å². The Bertz CT molecular complexity index is 484. The molecule has 1 aromatic rings. The van der Waals surface area contributed by atoms with Gasteiger partial charge in [0.15, 0.2) is 9.84 Å². The van der Waals surface area contributed by atoms with Crippen LogP contribution < -0.4 is 11.1 Å². The number of sulfone groups is 1. The lowest BCUT2D eigenvalue weighted by molar-refractivity contribution is 0.165. The van der Waals surface area contributed by atoms with E-state index in [4.69, 9.17) is 5.73 Å². The Hall–Kier alpha value is -1.11. The Morgan fingerprint density at radius 1 is 1.29 bits per heavy atom. The van der Waals surface area contributed by atoms with Crippen molar-refractivity contribution in [3.63, 3.8) is 0 Å². The lowest BCUT2D eigenvalue weighted by Gasteiger charge is -2.14. The van der Waals surface area contributed by atoms with Gasteiger partial charge in [0.1, 0.15) is 0 Å². The molecule has 2 rings (SSSR count). The van der Waals surface area contributed by atoms with E-state index in [2.05, 4.69) is 5.32 Å². The van der Waals surface area contributed by atoms with Gasteiger partial charge in [0, 0.05) is 18.3 Å². The Kier molecular flexibility index (Phi) is 3.37. The number of benzene rings is 1. The molecule has 1 heterocycles. The van der Waals surface area contributed by atoms with Crippen molar-refractivity contribution >= 4 is 15.5 Å². The molecule has 0 spiro atoms. The minimum atomic E-state index is -3.09. The Labute approximate surface area is 101 Å². The number of nitrogen functional groups attached to an aromatic ring is 1. The van der Waals surface area contributed by atoms with Crippen LogP contribution in [0, 0.1) is 0 Å². The molecule has 5 nitrogen and oxygen atoms in total. The molecule has 6 heteroatoms. The molecule has 1 aliphatic heterocycles. The highest BCUT2D eigenvalue weighted by Crippen LogP contribution is 2.13. The van der Waals surface area contributed by atoms with Gasteiger partial charge in [0.2, 0.25) is 0 Å². The van der Waals surface area contributed by atoms with Gasteiger partial charge in [-0.05, 0) is 17.7 Å². The maximum absolute atomic E-state index is 11.3. The number of anilines is 1. The molecule has 0 saturated carbocycles. The summed E-state index contributed by atoms with van der Waals surface area (Å²) in [6.45, 7) is 0.525. The summed E-state index contributed by atoms with van der Waals surface area (Å²) >= 11 is 0. The van der Waals surface area contributed by atoms with Crippen LogP contribution in [0.25, 0.3) is 0 Å². The van der Waals surface area contributed by atoms with Gasteiger partial charge in [-0.2, -0.15) is 0 Å². The Balaban J connectivity index is 1.93. The van der Waals surface area contributed by atoms with Crippen molar-refractivity contribution in [2.24, 2.45) is 0 Å². The first-order valence-corrected chi connectivity index (χ1v) is 7.25. The molecule has 1 fully saturated rings. The summed E-state index contributed by atoms with van der Waals surface area (Å²) in [7, 11) is -3.09.